The van der Waals surface area contributed by atoms with Crippen LogP contribution in [0.1, 0.15) is 51.1 Å². The summed E-state index contributed by atoms with van der Waals surface area (Å²) in [5, 5.41) is 54.0. The quantitative estimate of drug-likeness (QED) is 0.219. The van der Waals surface area contributed by atoms with Gasteiger partial charge in [-0.15, -0.1) is 0 Å². The Bertz CT molecular complexity index is 1750. The summed E-state index contributed by atoms with van der Waals surface area (Å²) < 4.78 is 37.2. The first-order chi connectivity index (χ1) is 23.8. The van der Waals surface area contributed by atoms with Gasteiger partial charge in [0.2, 0.25) is 0 Å². The lowest BCUT2D eigenvalue weighted by molar-refractivity contribution is -0.142. The SMILES string of the molecule is N#Cc1cccc(C2CNCC2C(=O)O)c1.N#Cc1ccccc1C1CNCC1C(=O)O.O=C(O)C1CNCC1c1ccc(C(F)(F)F)cc1. The predicted octanol–water partition coefficient (Wildman–Crippen LogP) is 3.98. The highest BCUT2D eigenvalue weighted by Crippen LogP contribution is 2.34. The van der Waals surface area contributed by atoms with Crippen LogP contribution in [0.25, 0.3) is 0 Å². The average molecular weight is 692 g/mol. The normalized spacial score (nSPS) is 24.0. The second kappa shape index (κ2) is 16.9. The summed E-state index contributed by atoms with van der Waals surface area (Å²) in [6.07, 6.45) is -4.36. The summed E-state index contributed by atoms with van der Waals surface area (Å²) >= 11 is 0. The fourth-order valence-corrected chi connectivity index (χ4v) is 6.52. The second-order valence-corrected chi connectivity index (χ2v) is 12.2. The number of carbonyl (C=O) groups is 3. The lowest BCUT2D eigenvalue weighted by Gasteiger charge is -2.16. The maximum absolute atomic E-state index is 12.4. The Hall–Kier alpha value is -5.28. The van der Waals surface area contributed by atoms with E-state index in [1.807, 2.05) is 18.2 Å². The van der Waals surface area contributed by atoms with E-state index < -0.39 is 47.4 Å². The zero-order valence-electron chi connectivity index (χ0n) is 26.7. The Balaban J connectivity index is 0.000000169. The number of hydrogen-bond donors (Lipinski definition) is 6. The van der Waals surface area contributed by atoms with Crippen molar-refractivity contribution in [1.29, 1.82) is 10.5 Å². The van der Waals surface area contributed by atoms with Gasteiger partial charge in [-0.1, -0.05) is 42.5 Å². The number of carboxylic acid groups (broad SMARTS) is 3. The number of rotatable bonds is 6. The van der Waals surface area contributed by atoms with E-state index in [-0.39, 0.29) is 17.8 Å². The van der Waals surface area contributed by atoms with Crippen molar-refractivity contribution in [2.75, 3.05) is 39.3 Å². The summed E-state index contributed by atoms with van der Waals surface area (Å²) in [5.41, 5.74) is 2.82. The summed E-state index contributed by atoms with van der Waals surface area (Å²) in [7, 11) is 0. The third kappa shape index (κ3) is 9.24. The number of carboxylic acids is 3. The average Bonchev–Trinajstić information content (AvgIpc) is 3.90. The van der Waals surface area contributed by atoms with Gasteiger partial charge in [-0.2, -0.15) is 23.7 Å². The van der Waals surface area contributed by atoms with E-state index in [2.05, 4.69) is 28.1 Å². The molecule has 6 atom stereocenters. The van der Waals surface area contributed by atoms with Gasteiger partial charge in [0.25, 0.3) is 0 Å². The van der Waals surface area contributed by atoms with Crippen molar-refractivity contribution in [3.05, 3.63) is 106 Å². The molecule has 0 spiro atoms. The first-order valence-corrected chi connectivity index (χ1v) is 15.8. The molecule has 0 radical (unpaired) electrons. The first kappa shape index (κ1) is 37.5. The van der Waals surface area contributed by atoms with Gasteiger partial charge in [0.1, 0.15) is 0 Å². The molecule has 3 heterocycles. The van der Waals surface area contributed by atoms with Crippen molar-refractivity contribution in [2.45, 2.75) is 23.9 Å². The number of halogens is 3. The van der Waals surface area contributed by atoms with Gasteiger partial charge in [0.15, 0.2) is 0 Å². The molecule has 0 aliphatic carbocycles. The topological polar surface area (TPSA) is 196 Å². The van der Waals surface area contributed by atoms with Crippen LogP contribution >= 0.6 is 0 Å². The molecule has 6 rings (SSSR count). The van der Waals surface area contributed by atoms with Crippen LogP contribution in [0.15, 0.2) is 72.8 Å². The Labute approximate surface area is 286 Å². The number of nitriles is 2. The van der Waals surface area contributed by atoms with Crippen LogP contribution in [-0.2, 0) is 20.6 Å². The number of aliphatic carboxylic acids is 3. The number of benzene rings is 3. The molecule has 3 saturated heterocycles. The van der Waals surface area contributed by atoms with Crippen molar-refractivity contribution in [2.24, 2.45) is 17.8 Å². The molecule has 3 fully saturated rings. The van der Waals surface area contributed by atoms with E-state index >= 15 is 0 Å². The number of nitrogens with zero attached hydrogens (tertiary/aromatic N) is 2. The first-order valence-electron chi connectivity index (χ1n) is 15.8. The zero-order chi connectivity index (χ0) is 36.4. The highest BCUT2D eigenvalue weighted by molar-refractivity contribution is 5.73. The lowest BCUT2D eigenvalue weighted by atomic mass is 9.86. The molecular formula is C36H36F3N5O6. The van der Waals surface area contributed by atoms with Crippen LogP contribution < -0.4 is 16.0 Å². The van der Waals surface area contributed by atoms with Crippen molar-refractivity contribution in [3.63, 3.8) is 0 Å². The molecule has 0 amide bonds. The molecule has 0 saturated carbocycles. The highest BCUT2D eigenvalue weighted by Gasteiger charge is 2.37. The number of hydrogen-bond acceptors (Lipinski definition) is 8. The Morgan fingerprint density at radius 3 is 1.62 bits per heavy atom. The second-order valence-electron chi connectivity index (χ2n) is 12.2. The van der Waals surface area contributed by atoms with E-state index in [0.717, 1.165) is 23.3 Å². The molecule has 3 aliphatic heterocycles. The molecule has 50 heavy (non-hydrogen) atoms. The maximum atomic E-state index is 12.4. The Kier molecular flexibility index (Phi) is 12.7. The molecule has 262 valence electrons. The van der Waals surface area contributed by atoms with Gasteiger partial charge >= 0.3 is 24.1 Å². The molecule has 0 aromatic heterocycles. The third-order valence-corrected chi connectivity index (χ3v) is 9.18. The smallest absolute Gasteiger partial charge is 0.416 e. The Morgan fingerprint density at radius 2 is 1.12 bits per heavy atom. The van der Waals surface area contributed by atoms with Gasteiger partial charge < -0.3 is 31.3 Å². The van der Waals surface area contributed by atoms with E-state index in [4.69, 9.17) is 25.8 Å². The summed E-state index contributed by atoms with van der Waals surface area (Å²) in [6.45, 7) is 3.07. The van der Waals surface area contributed by atoms with Gasteiger partial charge in [-0.25, -0.2) is 0 Å². The van der Waals surface area contributed by atoms with Crippen LogP contribution in [0, 0.1) is 40.4 Å². The van der Waals surface area contributed by atoms with Crippen LogP contribution in [0.4, 0.5) is 13.2 Å². The van der Waals surface area contributed by atoms with Crippen molar-refractivity contribution < 1.29 is 42.9 Å². The fourth-order valence-electron chi connectivity index (χ4n) is 6.52. The minimum absolute atomic E-state index is 0.0363. The van der Waals surface area contributed by atoms with Crippen molar-refractivity contribution in [3.8, 4) is 12.1 Å². The molecule has 6 unspecified atom stereocenters. The summed E-state index contributed by atoms with van der Waals surface area (Å²) in [5.74, 6) is -4.33. The number of nitrogens with one attached hydrogen (secondary N) is 3. The molecule has 3 aromatic carbocycles. The van der Waals surface area contributed by atoms with Crippen LogP contribution in [-0.4, -0.2) is 72.5 Å². The molecule has 3 aliphatic rings. The fraction of sp³-hybridized carbons (Fsp3) is 0.361. The molecule has 3 aromatic rings. The van der Waals surface area contributed by atoms with Gasteiger partial charge in [-0.05, 0) is 47.0 Å². The predicted molar refractivity (Wildman–Crippen MR) is 174 cm³/mol. The van der Waals surface area contributed by atoms with Crippen LogP contribution in [0.3, 0.4) is 0 Å². The van der Waals surface area contributed by atoms with E-state index in [1.54, 1.807) is 30.3 Å². The minimum Gasteiger partial charge on any atom is -0.481 e. The molecule has 14 heteroatoms. The van der Waals surface area contributed by atoms with E-state index in [0.29, 0.717) is 56.0 Å². The van der Waals surface area contributed by atoms with Gasteiger partial charge in [0, 0.05) is 57.0 Å². The standard InChI is InChI=1S/C12H12F3NO2.2C12H12N2O2/c13-12(14,15)8-3-1-7(2-4-8)9-5-16-6-10(9)11(17)18;13-5-8-2-1-3-9(4-8)10-6-14-7-11(10)12(15)16;13-5-8-3-1-2-4-9(8)10-6-14-7-11(10)12(15)16/h1-4,9-10,16H,5-6H2,(H,17,18);2*1-4,10-11,14H,6-7H2,(H,15,16). The van der Waals surface area contributed by atoms with Crippen molar-refractivity contribution >= 4 is 17.9 Å². The molecule has 11 nitrogen and oxygen atoms in total. The largest absolute Gasteiger partial charge is 0.481 e. The van der Waals surface area contributed by atoms with Gasteiger partial charge in [0.05, 0.1) is 46.6 Å². The third-order valence-electron chi connectivity index (χ3n) is 9.18. The molecule has 6 N–H and O–H groups in total. The lowest BCUT2D eigenvalue weighted by Crippen LogP contribution is -2.21. The summed E-state index contributed by atoms with van der Waals surface area (Å²) in [6, 6.07) is 23.3. The number of alkyl halides is 3. The maximum Gasteiger partial charge on any atom is 0.416 e. The molecule has 0 bridgehead atoms. The van der Waals surface area contributed by atoms with Crippen molar-refractivity contribution in [1.82, 2.24) is 16.0 Å². The molecular weight excluding hydrogens is 655 g/mol. The van der Waals surface area contributed by atoms with E-state index in [1.165, 1.54) is 12.1 Å². The zero-order valence-corrected chi connectivity index (χ0v) is 26.7. The highest BCUT2D eigenvalue weighted by atomic mass is 19.4. The van der Waals surface area contributed by atoms with Crippen LogP contribution in [0.5, 0.6) is 0 Å². The van der Waals surface area contributed by atoms with Crippen LogP contribution in [0.2, 0.25) is 0 Å². The minimum atomic E-state index is -4.36. The summed E-state index contributed by atoms with van der Waals surface area (Å²) in [4.78, 5) is 33.1. The van der Waals surface area contributed by atoms with Gasteiger partial charge in [-0.3, -0.25) is 14.4 Å². The monoisotopic (exact) mass is 691 g/mol. The Morgan fingerprint density at radius 1 is 0.620 bits per heavy atom. The van der Waals surface area contributed by atoms with E-state index in [9.17, 15) is 27.6 Å².